The molecule has 0 radical (unpaired) electrons. The quantitative estimate of drug-likeness (QED) is 0.831. The zero-order valence-corrected chi connectivity index (χ0v) is 10.8. The van der Waals surface area contributed by atoms with Crippen molar-refractivity contribution in [2.75, 3.05) is 0 Å². The fourth-order valence-electron chi connectivity index (χ4n) is 1.93. The van der Waals surface area contributed by atoms with Gasteiger partial charge in [-0.25, -0.2) is 9.97 Å². The van der Waals surface area contributed by atoms with Crippen LogP contribution in [-0.4, -0.2) is 16.0 Å². The molecule has 1 aromatic rings. The van der Waals surface area contributed by atoms with E-state index < -0.39 is 0 Å². The summed E-state index contributed by atoms with van der Waals surface area (Å²) in [5.41, 5.74) is 9.47. The highest BCUT2D eigenvalue weighted by Crippen LogP contribution is 2.20. The van der Waals surface area contributed by atoms with Gasteiger partial charge >= 0.3 is 0 Å². The Hall–Kier alpha value is -0.960. The number of aryl methyl sites for hydroxylation is 1. The van der Waals surface area contributed by atoms with E-state index in [4.69, 9.17) is 5.73 Å². The van der Waals surface area contributed by atoms with Crippen LogP contribution in [0.1, 0.15) is 57.0 Å². The molecule has 1 rings (SSSR count). The highest BCUT2D eigenvalue weighted by atomic mass is 14.8. The van der Waals surface area contributed by atoms with Crippen LogP contribution in [0.2, 0.25) is 0 Å². The first-order valence-corrected chi connectivity index (χ1v) is 6.14. The number of hydrogen-bond acceptors (Lipinski definition) is 3. The summed E-state index contributed by atoms with van der Waals surface area (Å²) in [6.07, 6.45) is 4.64. The molecule has 0 fully saturated rings. The molecule has 0 aliphatic carbocycles. The van der Waals surface area contributed by atoms with Gasteiger partial charge in [-0.3, -0.25) is 0 Å². The van der Waals surface area contributed by atoms with Crippen LogP contribution >= 0.6 is 0 Å². The van der Waals surface area contributed by atoms with Gasteiger partial charge < -0.3 is 5.73 Å². The number of aromatic nitrogens is 2. The first-order valence-electron chi connectivity index (χ1n) is 6.14. The number of nitrogens with zero attached hydrogens (tertiary/aromatic N) is 2. The number of hydrogen-bond donors (Lipinski definition) is 1. The molecule has 90 valence electrons. The zero-order valence-electron chi connectivity index (χ0n) is 10.8. The molecule has 1 heterocycles. The van der Waals surface area contributed by atoms with Gasteiger partial charge in [-0.15, -0.1) is 0 Å². The van der Waals surface area contributed by atoms with Gasteiger partial charge in [0.1, 0.15) is 6.33 Å². The van der Waals surface area contributed by atoms with E-state index in [1.54, 1.807) is 6.33 Å². The van der Waals surface area contributed by atoms with Gasteiger partial charge in [0.2, 0.25) is 0 Å². The lowest BCUT2D eigenvalue weighted by Gasteiger charge is -2.14. The molecule has 0 amide bonds. The lowest BCUT2D eigenvalue weighted by Crippen LogP contribution is -2.17. The second kappa shape index (κ2) is 5.94. The minimum absolute atomic E-state index is 0.238. The van der Waals surface area contributed by atoms with Gasteiger partial charge in [0.25, 0.3) is 0 Å². The summed E-state index contributed by atoms with van der Waals surface area (Å²) < 4.78 is 0. The molecular weight excluding hydrogens is 198 g/mol. The molecule has 0 spiro atoms. The van der Waals surface area contributed by atoms with Gasteiger partial charge in [-0.1, -0.05) is 20.8 Å². The van der Waals surface area contributed by atoms with Crippen LogP contribution in [0.5, 0.6) is 0 Å². The maximum absolute atomic E-state index is 5.79. The smallest absolute Gasteiger partial charge is 0.115 e. The van der Waals surface area contributed by atoms with E-state index in [1.807, 2.05) is 6.92 Å². The van der Waals surface area contributed by atoms with Crippen LogP contribution in [0.4, 0.5) is 0 Å². The van der Waals surface area contributed by atoms with E-state index >= 15 is 0 Å². The monoisotopic (exact) mass is 221 g/mol. The Kier molecular flexibility index (Phi) is 4.87. The predicted molar refractivity (Wildman–Crippen MR) is 67.5 cm³/mol. The zero-order chi connectivity index (χ0) is 12.1. The molecule has 3 heteroatoms. The van der Waals surface area contributed by atoms with Gasteiger partial charge in [-0.05, 0) is 37.7 Å². The van der Waals surface area contributed by atoms with E-state index in [9.17, 15) is 0 Å². The van der Waals surface area contributed by atoms with Gasteiger partial charge in [0.05, 0.1) is 0 Å². The van der Waals surface area contributed by atoms with Crippen molar-refractivity contribution in [2.24, 2.45) is 5.73 Å². The topological polar surface area (TPSA) is 51.8 Å². The lowest BCUT2D eigenvalue weighted by molar-refractivity contribution is 0.648. The summed E-state index contributed by atoms with van der Waals surface area (Å²) in [6, 6.07) is 0.238. The third-order valence-corrected chi connectivity index (χ3v) is 2.80. The van der Waals surface area contributed by atoms with Gasteiger partial charge in [0, 0.05) is 17.4 Å². The molecule has 0 saturated heterocycles. The molecule has 1 atom stereocenters. The summed E-state index contributed by atoms with van der Waals surface area (Å²) in [5.74, 6) is 0.465. The summed E-state index contributed by atoms with van der Waals surface area (Å²) in [4.78, 5) is 8.79. The van der Waals surface area contributed by atoms with E-state index in [0.29, 0.717) is 5.92 Å². The summed E-state index contributed by atoms with van der Waals surface area (Å²) in [7, 11) is 0. The van der Waals surface area contributed by atoms with Crippen LogP contribution in [0.15, 0.2) is 6.33 Å². The normalized spacial score (nSPS) is 13.1. The standard InChI is InChI=1S/C13H23N3/c1-5-11-12(7-6-10(4)14)15-8-16-13(11)9(2)3/h8-10H,5-7,14H2,1-4H3. The number of nitrogens with two attached hydrogens (primary N) is 1. The molecule has 0 aliphatic heterocycles. The van der Waals surface area contributed by atoms with Crippen molar-refractivity contribution < 1.29 is 0 Å². The summed E-state index contributed by atoms with van der Waals surface area (Å²) >= 11 is 0. The van der Waals surface area contributed by atoms with Gasteiger partial charge in [-0.2, -0.15) is 0 Å². The Labute approximate surface area is 98.5 Å². The highest BCUT2D eigenvalue weighted by Gasteiger charge is 2.12. The Morgan fingerprint density at radius 3 is 2.44 bits per heavy atom. The van der Waals surface area contributed by atoms with Crippen LogP contribution in [0.25, 0.3) is 0 Å². The summed E-state index contributed by atoms with van der Waals surface area (Å²) in [6.45, 7) is 8.56. The van der Waals surface area contributed by atoms with E-state index in [-0.39, 0.29) is 6.04 Å². The van der Waals surface area contributed by atoms with E-state index in [2.05, 4.69) is 30.7 Å². The molecule has 0 aromatic carbocycles. The second-order valence-electron chi connectivity index (χ2n) is 4.71. The van der Waals surface area contributed by atoms with Crippen LogP contribution < -0.4 is 5.73 Å². The Bertz CT molecular complexity index is 332. The highest BCUT2D eigenvalue weighted by molar-refractivity contribution is 5.27. The van der Waals surface area contributed by atoms with Crippen molar-refractivity contribution >= 4 is 0 Å². The van der Waals surface area contributed by atoms with Crippen molar-refractivity contribution in [3.63, 3.8) is 0 Å². The molecule has 3 nitrogen and oxygen atoms in total. The molecule has 0 aliphatic rings. The molecule has 16 heavy (non-hydrogen) atoms. The minimum atomic E-state index is 0.238. The first-order chi connectivity index (χ1) is 7.56. The molecule has 2 N–H and O–H groups in total. The molecule has 0 bridgehead atoms. The average Bonchev–Trinajstić information content (AvgIpc) is 2.25. The SMILES string of the molecule is CCc1c(CCC(C)N)ncnc1C(C)C. The Morgan fingerprint density at radius 1 is 1.25 bits per heavy atom. The van der Waals surface area contributed by atoms with E-state index in [1.165, 1.54) is 17.0 Å². The maximum Gasteiger partial charge on any atom is 0.115 e. The van der Waals surface area contributed by atoms with Gasteiger partial charge in [0.15, 0.2) is 0 Å². The Balaban J connectivity index is 2.95. The van der Waals surface area contributed by atoms with Crippen LogP contribution in [-0.2, 0) is 12.8 Å². The molecular formula is C13H23N3. The first kappa shape index (κ1) is 13.1. The minimum Gasteiger partial charge on any atom is -0.328 e. The average molecular weight is 221 g/mol. The third-order valence-electron chi connectivity index (χ3n) is 2.80. The Morgan fingerprint density at radius 2 is 1.94 bits per heavy atom. The fraction of sp³-hybridized carbons (Fsp3) is 0.692. The maximum atomic E-state index is 5.79. The number of rotatable bonds is 5. The van der Waals surface area contributed by atoms with Crippen LogP contribution in [0.3, 0.4) is 0 Å². The van der Waals surface area contributed by atoms with Crippen molar-refractivity contribution in [3.05, 3.63) is 23.3 Å². The largest absolute Gasteiger partial charge is 0.328 e. The lowest BCUT2D eigenvalue weighted by atomic mass is 9.98. The van der Waals surface area contributed by atoms with Crippen molar-refractivity contribution in [3.8, 4) is 0 Å². The van der Waals surface area contributed by atoms with Crippen molar-refractivity contribution in [1.29, 1.82) is 0 Å². The second-order valence-corrected chi connectivity index (χ2v) is 4.71. The summed E-state index contributed by atoms with van der Waals surface area (Å²) in [5, 5.41) is 0. The predicted octanol–water partition coefficient (Wildman–Crippen LogP) is 2.44. The fourth-order valence-corrected chi connectivity index (χ4v) is 1.93. The van der Waals surface area contributed by atoms with Crippen LogP contribution in [0, 0.1) is 0 Å². The third kappa shape index (κ3) is 3.27. The molecule has 0 saturated carbocycles. The van der Waals surface area contributed by atoms with Crippen molar-refractivity contribution in [1.82, 2.24) is 9.97 Å². The molecule has 1 aromatic heterocycles. The van der Waals surface area contributed by atoms with E-state index in [0.717, 1.165) is 19.3 Å². The van der Waals surface area contributed by atoms with Crippen molar-refractivity contribution in [2.45, 2.75) is 58.9 Å². The molecule has 1 unspecified atom stereocenters.